The van der Waals surface area contributed by atoms with Crippen molar-refractivity contribution < 1.29 is 19.1 Å². The smallest absolute Gasteiger partial charge is 0.262 e. The van der Waals surface area contributed by atoms with Crippen molar-refractivity contribution in [1.82, 2.24) is 5.32 Å². The Morgan fingerprint density at radius 2 is 1.88 bits per heavy atom. The van der Waals surface area contributed by atoms with Crippen LogP contribution in [0.4, 0.5) is 5.69 Å². The number of ether oxygens (including phenoxy) is 2. The van der Waals surface area contributed by atoms with Gasteiger partial charge < -0.3 is 20.1 Å². The number of aryl methyl sites for hydroxylation is 1. The van der Waals surface area contributed by atoms with Crippen molar-refractivity contribution in [1.29, 1.82) is 0 Å². The summed E-state index contributed by atoms with van der Waals surface area (Å²) in [5, 5.41) is 5.44. The third kappa shape index (κ3) is 5.93. The van der Waals surface area contributed by atoms with E-state index in [2.05, 4.69) is 10.6 Å². The van der Waals surface area contributed by atoms with Crippen molar-refractivity contribution in [3.63, 3.8) is 0 Å². The fourth-order valence-corrected chi connectivity index (χ4v) is 2.19. The SMILES string of the molecule is COCCNC(=O)c1ccccc1NC(=O)COc1cccc(C)c1. The highest BCUT2D eigenvalue weighted by molar-refractivity contribution is 6.04. The van der Waals surface area contributed by atoms with Crippen LogP contribution in [0.15, 0.2) is 48.5 Å². The zero-order valence-corrected chi connectivity index (χ0v) is 14.4. The zero-order chi connectivity index (χ0) is 18.1. The number of methoxy groups -OCH3 is 1. The van der Waals surface area contributed by atoms with Gasteiger partial charge in [0.2, 0.25) is 0 Å². The molecule has 0 radical (unpaired) electrons. The van der Waals surface area contributed by atoms with Gasteiger partial charge in [0.05, 0.1) is 17.9 Å². The van der Waals surface area contributed by atoms with Crippen LogP contribution in [-0.2, 0) is 9.53 Å². The molecule has 0 atom stereocenters. The van der Waals surface area contributed by atoms with Crippen molar-refractivity contribution >= 4 is 17.5 Å². The molecule has 132 valence electrons. The first kappa shape index (κ1) is 18.5. The van der Waals surface area contributed by atoms with Crippen LogP contribution in [0.5, 0.6) is 5.75 Å². The maximum Gasteiger partial charge on any atom is 0.262 e. The summed E-state index contributed by atoms with van der Waals surface area (Å²) in [5.41, 5.74) is 1.88. The molecule has 0 saturated heterocycles. The maximum atomic E-state index is 12.2. The molecule has 0 aliphatic carbocycles. The van der Waals surface area contributed by atoms with Gasteiger partial charge >= 0.3 is 0 Å². The van der Waals surface area contributed by atoms with Crippen LogP contribution in [0.3, 0.4) is 0 Å². The third-order valence-electron chi connectivity index (χ3n) is 3.40. The number of hydrogen-bond acceptors (Lipinski definition) is 4. The lowest BCUT2D eigenvalue weighted by molar-refractivity contribution is -0.118. The molecule has 2 N–H and O–H groups in total. The molecule has 0 heterocycles. The van der Waals surface area contributed by atoms with E-state index >= 15 is 0 Å². The van der Waals surface area contributed by atoms with Crippen LogP contribution in [0, 0.1) is 6.92 Å². The van der Waals surface area contributed by atoms with Crippen LogP contribution in [0.1, 0.15) is 15.9 Å². The van der Waals surface area contributed by atoms with E-state index in [4.69, 9.17) is 9.47 Å². The van der Waals surface area contributed by atoms with Gasteiger partial charge in [0, 0.05) is 13.7 Å². The summed E-state index contributed by atoms with van der Waals surface area (Å²) in [6.45, 7) is 2.63. The number of carbonyl (C=O) groups is 2. The Balaban J connectivity index is 1.95. The molecule has 0 unspecified atom stereocenters. The minimum atomic E-state index is -0.335. The molecule has 6 heteroatoms. The first-order valence-corrected chi connectivity index (χ1v) is 7.95. The Labute approximate surface area is 147 Å². The summed E-state index contributed by atoms with van der Waals surface area (Å²) >= 11 is 0. The Morgan fingerprint density at radius 1 is 1.08 bits per heavy atom. The van der Waals surface area contributed by atoms with Gasteiger partial charge in [-0.2, -0.15) is 0 Å². The van der Waals surface area contributed by atoms with E-state index in [1.807, 2.05) is 25.1 Å². The van der Waals surface area contributed by atoms with E-state index in [1.54, 1.807) is 37.4 Å². The van der Waals surface area contributed by atoms with Crippen molar-refractivity contribution in [2.45, 2.75) is 6.92 Å². The molecule has 0 bridgehead atoms. The number of benzene rings is 2. The van der Waals surface area contributed by atoms with Crippen LogP contribution >= 0.6 is 0 Å². The number of para-hydroxylation sites is 1. The van der Waals surface area contributed by atoms with Crippen LogP contribution in [0.25, 0.3) is 0 Å². The predicted molar refractivity (Wildman–Crippen MR) is 96.0 cm³/mol. The zero-order valence-electron chi connectivity index (χ0n) is 14.4. The van der Waals surface area contributed by atoms with E-state index in [0.29, 0.717) is 30.2 Å². The number of nitrogens with one attached hydrogen (secondary N) is 2. The quantitative estimate of drug-likeness (QED) is 0.722. The molecule has 0 spiro atoms. The molecule has 0 aromatic heterocycles. The number of anilines is 1. The highest BCUT2D eigenvalue weighted by Crippen LogP contribution is 2.16. The molecule has 2 aromatic rings. The van der Waals surface area contributed by atoms with Crippen molar-refractivity contribution in [2.24, 2.45) is 0 Å². The first-order valence-electron chi connectivity index (χ1n) is 7.95. The van der Waals surface area contributed by atoms with Gasteiger partial charge in [-0.3, -0.25) is 9.59 Å². The fraction of sp³-hybridized carbons (Fsp3) is 0.263. The molecule has 6 nitrogen and oxygen atoms in total. The van der Waals surface area contributed by atoms with Crippen LogP contribution < -0.4 is 15.4 Å². The van der Waals surface area contributed by atoms with Crippen molar-refractivity contribution in [3.8, 4) is 5.75 Å². The summed E-state index contributed by atoms with van der Waals surface area (Å²) in [5.74, 6) is 0.0203. The average molecular weight is 342 g/mol. The topological polar surface area (TPSA) is 76.7 Å². The number of hydrogen-bond donors (Lipinski definition) is 2. The van der Waals surface area contributed by atoms with Gasteiger partial charge in [-0.25, -0.2) is 0 Å². The molecule has 0 aliphatic rings. The molecular weight excluding hydrogens is 320 g/mol. The molecule has 0 saturated carbocycles. The summed E-state index contributed by atoms with van der Waals surface area (Å²) in [4.78, 5) is 24.3. The summed E-state index contributed by atoms with van der Waals surface area (Å²) in [6, 6.07) is 14.3. The lowest BCUT2D eigenvalue weighted by Crippen LogP contribution is -2.28. The van der Waals surface area contributed by atoms with E-state index < -0.39 is 0 Å². The Kier molecular flexibility index (Phi) is 6.98. The van der Waals surface area contributed by atoms with Crippen molar-refractivity contribution in [3.05, 3.63) is 59.7 Å². The molecule has 0 fully saturated rings. The van der Waals surface area contributed by atoms with E-state index in [1.165, 1.54) is 0 Å². The molecule has 2 rings (SSSR count). The second kappa shape index (κ2) is 9.44. The first-order chi connectivity index (χ1) is 12.1. The van der Waals surface area contributed by atoms with E-state index in [9.17, 15) is 9.59 Å². The molecular formula is C19H22N2O4. The molecule has 25 heavy (non-hydrogen) atoms. The van der Waals surface area contributed by atoms with Gasteiger partial charge in [0.25, 0.3) is 11.8 Å². The van der Waals surface area contributed by atoms with Gasteiger partial charge in [0.1, 0.15) is 5.75 Å². The normalized spacial score (nSPS) is 10.2. The summed E-state index contributed by atoms with van der Waals surface area (Å²) < 4.78 is 10.4. The van der Waals surface area contributed by atoms with Crippen molar-refractivity contribution in [2.75, 3.05) is 32.2 Å². The minimum absolute atomic E-state index is 0.136. The second-order valence-electron chi connectivity index (χ2n) is 5.45. The summed E-state index contributed by atoms with van der Waals surface area (Å²) in [6.07, 6.45) is 0. The lowest BCUT2D eigenvalue weighted by Gasteiger charge is -2.12. The van der Waals surface area contributed by atoms with Gasteiger partial charge in [-0.05, 0) is 36.8 Å². The predicted octanol–water partition coefficient (Wildman–Crippen LogP) is 2.39. The number of carbonyl (C=O) groups excluding carboxylic acids is 2. The van der Waals surface area contributed by atoms with Crippen LogP contribution in [0.2, 0.25) is 0 Å². The lowest BCUT2D eigenvalue weighted by atomic mass is 10.1. The minimum Gasteiger partial charge on any atom is -0.484 e. The Bertz CT molecular complexity index is 731. The second-order valence-corrected chi connectivity index (χ2v) is 5.45. The molecule has 2 aromatic carbocycles. The van der Waals surface area contributed by atoms with Gasteiger partial charge in [-0.15, -0.1) is 0 Å². The molecule has 2 amide bonds. The standard InChI is InChI=1S/C19H22N2O4/c1-14-6-5-7-15(12-14)25-13-18(22)21-17-9-4-3-8-16(17)19(23)20-10-11-24-2/h3-9,12H,10-11,13H2,1-2H3,(H,20,23)(H,21,22). The third-order valence-corrected chi connectivity index (χ3v) is 3.40. The Hall–Kier alpha value is -2.86. The number of rotatable bonds is 8. The highest BCUT2D eigenvalue weighted by Gasteiger charge is 2.13. The number of amides is 2. The summed E-state index contributed by atoms with van der Waals surface area (Å²) in [7, 11) is 1.56. The van der Waals surface area contributed by atoms with Crippen LogP contribution in [-0.4, -0.2) is 38.7 Å². The maximum absolute atomic E-state index is 12.2. The van der Waals surface area contributed by atoms with Gasteiger partial charge in [-0.1, -0.05) is 24.3 Å². The van der Waals surface area contributed by atoms with E-state index in [-0.39, 0.29) is 18.4 Å². The average Bonchev–Trinajstić information content (AvgIpc) is 2.61. The highest BCUT2D eigenvalue weighted by atomic mass is 16.5. The van der Waals surface area contributed by atoms with Gasteiger partial charge in [0.15, 0.2) is 6.61 Å². The monoisotopic (exact) mass is 342 g/mol. The Morgan fingerprint density at radius 3 is 2.64 bits per heavy atom. The fourth-order valence-electron chi connectivity index (χ4n) is 2.19. The largest absolute Gasteiger partial charge is 0.484 e. The molecule has 0 aliphatic heterocycles. The van der Waals surface area contributed by atoms with E-state index in [0.717, 1.165) is 5.56 Å².